The van der Waals surface area contributed by atoms with Crippen LogP contribution in [-0.2, 0) is 24.7 Å². The van der Waals surface area contributed by atoms with Crippen LogP contribution < -0.4 is 0 Å². The third-order valence-corrected chi connectivity index (χ3v) is 2.73. The molecule has 4 nitrogen and oxygen atoms in total. The summed E-state index contributed by atoms with van der Waals surface area (Å²) in [5.74, 6) is -0.853. The minimum absolute atomic E-state index is 0.00619. The topological polar surface area (TPSA) is 52.6 Å². The van der Waals surface area contributed by atoms with Crippen molar-refractivity contribution in [3.05, 3.63) is 48.6 Å². The average molecular weight is 276 g/mol. The molecule has 0 saturated carbocycles. The van der Waals surface area contributed by atoms with Crippen LogP contribution in [0.3, 0.4) is 0 Å². The van der Waals surface area contributed by atoms with Crippen LogP contribution in [0.5, 0.6) is 0 Å². The number of carbonyl (C=O) groups excluding carboxylic acids is 2. The van der Waals surface area contributed by atoms with Crippen LogP contribution in [0.4, 0.5) is 0 Å². The second kappa shape index (κ2) is 7.48. The minimum Gasteiger partial charge on any atom is -0.461 e. The summed E-state index contributed by atoms with van der Waals surface area (Å²) in [5, 5.41) is 0. The molecule has 1 aromatic rings. The van der Waals surface area contributed by atoms with E-state index in [1.165, 1.54) is 6.08 Å². The van der Waals surface area contributed by atoms with Gasteiger partial charge in [-0.3, -0.25) is 9.59 Å². The van der Waals surface area contributed by atoms with Gasteiger partial charge >= 0.3 is 11.9 Å². The summed E-state index contributed by atoms with van der Waals surface area (Å²) < 4.78 is 10.2. The van der Waals surface area contributed by atoms with Gasteiger partial charge in [0.05, 0.1) is 12.8 Å². The fourth-order valence-electron chi connectivity index (χ4n) is 1.66. The second-order valence-corrected chi connectivity index (χ2v) is 4.82. The summed E-state index contributed by atoms with van der Waals surface area (Å²) in [7, 11) is 0. The second-order valence-electron chi connectivity index (χ2n) is 4.82. The highest BCUT2D eigenvalue weighted by Crippen LogP contribution is 2.24. The summed E-state index contributed by atoms with van der Waals surface area (Å²) >= 11 is 0. The predicted octanol–water partition coefficient (Wildman–Crippen LogP) is 2.97. The number of ether oxygens (including phenoxy) is 2. The van der Waals surface area contributed by atoms with Crippen molar-refractivity contribution in [3.8, 4) is 0 Å². The molecule has 0 aliphatic carbocycles. The van der Waals surface area contributed by atoms with Gasteiger partial charge in [-0.2, -0.15) is 0 Å². The molecule has 0 N–H and O–H groups in total. The molecular weight excluding hydrogens is 256 g/mol. The zero-order chi connectivity index (χ0) is 15.0. The third-order valence-electron chi connectivity index (χ3n) is 2.73. The Morgan fingerprint density at radius 2 is 1.75 bits per heavy atom. The van der Waals surface area contributed by atoms with Gasteiger partial charge in [0, 0.05) is 0 Å². The summed E-state index contributed by atoms with van der Waals surface area (Å²) in [4.78, 5) is 23.0. The molecule has 0 unspecified atom stereocenters. The Balaban J connectivity index is 2.45. The Hall–Kier alpha value is -2.10. The molecule has 1 aromatic carbocycles. The number of hydrogen-bond acceptors (Lipinski definition) is 4. The maximum atomic E-state index is 11.8. The first-order valence-electron chi connectivity index (χ1n) is 6.49. The molecular formula is C16H20O4. The van der Waals surface area contributed by atoms with Gasteiger partial charge in [0.1, 0.15) is 12.2 Å². The van der Waals surface area contributed by atoms with Gasteiger partial charge in [-0.25, -0.2) is 0 Å². The van der Waals surface area contributed by atoms with Crippen LogP contribution >= 0.6 is 0 Å². The van der Waals surface area contributed by atoms with Gasteiger partial charge in [-0.05, 0) is 19.4 Å². The van der Waals surface area contributed by atoms with Crippen molar-refractivity contribution in [1.82, 2.24) is 0 Å². The van der Waals surface area contributed by atoms with E-state index in [1.807, 2.05) is 44.2 Å². The average Bonchev–Trinajstić information content (AvgIpc) is 2.43. The van der Waals surface area contributed by atoms with E-state index in [4.69, 9.17) is 9.47 Å². The van der Waals surface area contributed by atoms with Crippen LogP contribution in [0.25, 0.3) is 0 Å². The fraction of sp³-hybridized carbons (Fsp3) is 0.375. The van der Waals surface area contributed by atoms with E-state index in [2.05, 4.69) is 6.58 Å². The van der Waals surface area contributed by atoms with E-state index in [-0.39, 0.29) is 19.4 Å². The van der Waals surface area contributed by atoms with Gasteiger partial charge in [0.15, 0.2) is 0 Å². The molecule has 0 atom stereocenters. The van der Waals surface area contributed by atoms with E-state index in [0.29, 0.717) is 0 Å². The number of rotatable bonds is 7. The lowest BCUT2D eigenvalue weighted by Crippen LogP contribution is -2.26. The van der Waals surface area contributed by atoms with Crippen LogP contribution in [0, 0.1) is 0 Å². The summed E-state index contributed by atoms with van der Waals surface area (Å²) in [6, 6.07) is 9.46. The lowest BCUT2D eigenvalue weighted by atomic mass is 9.98. The van der Waals surface area contributed by atoms with E-state index in [9.17, 15) is 9.59 Å². The molecule has 0 radical (unpaired) electrons. The van der Waals surface area contributed by atoms with Crippen molar-refractivity contribution >= 4 is 11.9 Å². The van der Waals surface area contributed by atoms with Gasteiger partial charge in [0.25, 0.3) is 0 Å². The molecule has 0 aliphatic rings. The molecule has 108 valence electrons. The molecule has 0 amide bonds. The molecule has 0 aliphatic heterocycles. The Bertz CT molecular complexity index is 463. The number of benzene rings is 1. The summed E-state index contributed by atoms with van der Waals surface area (Å²) in [6.45, 7) is 7.23. The molecule has 0 fully saturated rings. The van der Waals surface area contributed by atoms with Crippen molar-refractivity contribution in [3.63, 3.8) is 0 Å². The minimum atomic E-state index is -0.719. The van der Waals surface area contributed by atoms with Crippen molar-refractivity contribution in [2.75, 3.05) is 6.61 Å². The summed E-state index contributed by atoms with van der Waals surface area (Å²) in [5.41, 5.74) is 0.186. The van der Waals surface area contributed by atoms with Gasteiger partial charge < -0.3 is 9.47 Å². The molecule has 0 saturated heterocycles. The highest BCUT2D eigenvalue weighted by Gasteiger charge is 2.25. The first-order chi connectivity index (χ1) is 9.45. The predicted molar refractivity (Wildman–Crippen MR) is 76.0 cm³/mol. The number of hydrogen-bond donors (Lipinski definition) is 0. The summed E-state index contributed by atoms with van der Waals surface area (Å²) in [6.07, 6.45) is 1.50. The molecule has 0 spiro atoms. The molecule has 0 bridgehead atoms. The van der Waals surface area contributed by atoms with Gasteiger partial charge in [-0.1, -0.05) is 43.0 Å². The number of esters is 2. The molecule has 20 heavy (non-hydrogen) atoms. The molecule has 0 aromatic heterocycles. The quantitative estimate of drug-likeness (QED) is 0.567. The van der Waals surface area contributed by atoms with Crippen LogP contribution in [0.1, 0.15) is 32.3 Å². The van der Waals surface area contributed by atoms with Crippen molar-refractivity contribution in [1.29, 1.82) is 0 Å². The molecule has 1 rings (SSSR count). The largest absolute Gasteiger partial charge is 0.461 e. The first-order valence-corrected chi connectivity index (χ1v) is 6.49. The van der Waals surface area contributed by atoms with E-state index in [1.54, 1.807) is 0 Å². The Morgan fingerprint density at radius 3 is 2.35 bits per heavy atom. The Kier molecular flexibility index (Phi) is 5.97. The van der Waals surface area contributed by atoms with E-state index < -0.39 is 17.5 Å². The molecule has 0 heterocycles. The normalized spacial score (nSPS) is 10.7. The van der Waals surface area contributed by atoms with Crippen molar-refractivity contribution in [2.45, 2.75) is 32.3 Å². The Labute approximate surface area is 119 Å². The number of carbonyl (C=O) groups is 2. The monoisotopic (exact) mass is 276 g/mol. The maximum Gasteiger partial charge on any atom is 0.307 e. The fourth-order valence-corrected chi connectivity index (χ4v) is 1.66. The zero-order valence-electron chi connectivity index (χ0n) is 11.9. The lowest BCUT2D eigenvalue weighted by molar-refractivity contribution is -0.160. The van der Waals surface area contributed by atoms with E-state index >= 15 is 0 Å². The van der Waals surface area contributed by atoms with Crippen LogP contribution in [-0.4, -0.2) is 18.5 Å². The van der Waals surface area contributed by atoms with Crippen molar-refractivity contribution < 1.29 is 19.1 Å². The van der Waals surface area contributed by atoms with Crippen LogP contribution in [0.15, 0.2) is 43.0 Å². The molecule has 4 heteroatoms. The smallest absolute Gasteiger partial charge is 0.307 e. The third kappa shape index (κ3) is 5.26. The lowest BCUT2D eigenvalue weighted by Gasteiger charge is -2.25. The highest BCUT2D eigenvalue weighted by molar-refractivity contribution is 5.78. The first kappa shape index (κ1) is 16.0. The van der Waals surface area contributed by atoms with Crippen LogP contribution in [0.2, 0.25) is 0 Å². The maximum absolute atomic E-state index is 11.8. The zero-order valence-corrected chi connectivity index (χ0v) is 11.9. The highest BCUT2D eigenvalue weighted by atomic mass is 16.6. The van der Waals surface area contributed by atoms with Gasteiger partial charge in [-0.15, -0.1) is 0 Å². The van der Waals surface area contributed by atoms with Crippen molar-refractivity contribution in [2.24, 2.45) is 0 Å². The standard InChI is InChI=1S/C16H20O4/c1-4-12-19-14(17)10-11-15(18)20-16(2,3)13-8-6-5-7-9-13/h4-9H,1,10-12H2,2-3H3. The van der Waals surface area contributed by atoms with Gasteiger partial charge in [0.2, 0.25) is 0 Å². The SMILES string of the molecule is C=CCOC(=O)CCC(=O)OC(C)(C)c1ccccc1. The van der Waals surface area contributed by atoms with E-state index in [0.717, 1.165) is 5.56 Å². The Morgan fingerprint density at radius 1 is 1.15 bits per heavy atom.